The van der Waals surface area contributed by atoms with Gasteiger partial charge < -0.3 is 14.8 Å². The molecular weight excluding hydrogens is 412 g/mol. The van der Waals surface area contributed by atoms with Crippen LogP contribution in [0.25, 0.3) is 0 Å². The number of nitrogens with zero attached hydrogens (tertiary/aromatic N) is 1. The summed E-state index contributed by atoms with van der Waals surface area (Å²) in [6, 6.07) is 14.9. The number of rotatable bonds is 7. The summed E-state index contributed by atoms with van der Waals surface area (Å²) in [6.45, 7) is 0. The van der Waals surface area contributed by atoms with E-state index in [2.05, 4.69) is 5.32 Å². The van der Waals surface area contributed by atoms with E-state index in [9.17, 15) is 13.2 Å². The van der Waals surface area contributed by atoms with Gasteiger partial charge in [0.1, 0.15) is 21.3 Å². The van der Waals surface area contributed by atoms with Gasteiger partial charge in [-0.1, -0.05) is 6.07 Å². The second kappa shape index (κ2) is 8.54. The topological polar surface area (TPSA) is 84.9 Å². The number of benzene rings is 2. The number of ether oxygens (including phenoxy) is 2. The van der Waals surface area contributed by atoms with Gasteiger partial charge in [0.15, 0.2) is 0 Å². The van der Waals surface area contributed by atoms with Crippen LogP contribution < -0.4 is 19.1 Å². The largest absolute Gasteiger partial charge is 0.497 e. The van der Waals surface area contributed by atoms with Gasteiger partial charge in [-0.05, 0) is 47.8 Å². The summed E-state index contributed by atoms with van der Waals surface area (Å²) in [6.07, 6.45) is 0. The summed E-state index contributed by atoms with van der Waals surface area (Å²) in [4.78, 5) is 12.8. The normalized spacial score (nSPS) is 11.0. The lowest BCUT2D eigenvalue weighted by atomic mass is 10.3. The fourth-order valence-electron chi connectivity index (χ4n) is 2.63. The maximum atomic E-state index is 13.1. The van der Waals surface area contributed by atoms with E-state index in [1.54, 1.807) is 53.9 Å². The number of hydrogen-bond donors (Lipinski definition) is 1. The second-order valence-corrected chi connectivity index (χ2v) is 8.82. The highest BCUT2D eigenvalue weighted by Gasteiger charge is 2.28. The summed E-state index contributed by atoms with van der Waals surface area (Å²) >= 11 is 1.06. The van der Waals surface area contributed by atoms with Crippen molar-refractivity contribution in [2.75, 3.05) is 30.9 Å². The van der Waals surface area contributed by atoms with Gasteiger partial charge in [0.05, 0.1) is 19.9 Å². The van der Waals surface area contributed by atoms with E-state index in [4.69, 9.17) is 9.47 Å². The number of carbonyl (C=O) groups is 1. The van der Waals surface area contributed by atoms with Crippen LogP contribution in [-0.2, 0) is 10.0 Å². The lowest BCUT2D eigenvalue weighted by Crippen LogP contribution is -2.28. The number of sulfonamides is 1. The van der Waals surface area contributed by atoms with E-state index in [0.717, 1.165) is 15.6 Å². The third-order valence-electron chi connectivity index (χ3n) is 4.24. The summed E-state index contributed by atoms with van der Waals surface area (Å²) < 4.78 is 37.6. The summed E-state index contributed by atoms with van der Waals surface area (Å²) in [7, 11) is 0.575. The van der Waals surface area contributed by atoms with Crippen molar-refractivity contribution in [2.45, 2.75) is 4.90 Å². The van der Waals surface area contributed by atoms with Gasteiger partial charge in [-0.3, -0.25) is 9.10 Å². The highest BCUT2D eigenvalue weighted by atomic mass is 32.2. The lowest BCUT2D eigenvalue weighted by Gasteiger charge is -2.20. The first-order valence-corrected chi connectivity index (χ1v) is 10.8. The molecule has 0 atom stereocenters. The minimum Gasteiger partial charge on any atom is -0.497 e. The molecule has 0 aliphatic carbocycles. The minimum absolute atomic E-state index is 0.0544. The van der Waals surface area contributed by atoms with E-state index in [0.29, 0.717) is 22.9 Å². The molecule has 0 fully saturated rings. The number of carbonyl (C=O) groups excluding carboxylic acids is 1. The van der Waals surface area contributed by atoms with Gasteiger partial charge in [0.2, 0.25) is 0 Å². The molecule has 0 aliphatic heterocycles. The van der Waals surface area contributed by atoms with Crippen molar-refractivity contribution in [3.8, 4) is 11.5 Å². The Morgan fingerprint density at radius 1 is 1.00 bits per heavy atom. The molecule has 1 heterocycles. The third-order valence-corrected chi connectivity index (χ3v) is 7.11. The standard InChI is InChI=1S/C20H20N2O5S2/c1-22(15-7-9-16(26-2)10-8-15)29(24,25)18-11-12-28-19(18)20(23)21-14-5-4-6-17(13-14)27-3/h4-13H,1-3H3,(H,21,23). The number of anilines is 2. The van der Waals surface area contributed by atoms with Gasteiger partial charge >= 0.3 is 0 Å². The van der Waals surface area contributed by atoms with E-state index < -0.39 is 15.9 Å². The van der Waals surface area contributed by atoms with Crippen molar-refractivity contribution >= 4 is 38.6 Å². The molecule has 0 saturated heterocycles. The summed E-state index contributed by atoms with van der Waals surface area (Å²) in [5, 5.41) is 4.30. The lowest BCUT2D eigenvalue weighted by molar-refractivity contribution is 0.102. The van der Waals surface area contributed by atoms with Crippen molar-refractivity contribution in [3.05, 3.63) is 64.9 Å². The first-order chi connectivity index (χ1) is 13.9. The minimum atomic E-state index is -3.93. The molecule has 1 N–H and O–H groups in total. The van der Waals surface area contributed by atoms with E-state index >= 15 is 0 Å². The number of thiophene rings is 1. The zero-order chi connectivity index (χ0) is 21.0. The Labute approximate surface area is 173 Å². The molecule has 9 heteroatoms. The van der Waals surface area contributed by atoms with Gasteiger partial charge in [-0.25, -0.2) is 8.42 Å². The fraction of sp³-hybridized carbons (Fsp3) is 0.150. The number of nitrogens with one attached hydrogen (secondary N) is 1. The Morgan fingerprint density at radius 3 is 2.34 bits per heavy atom. The molecule has 2 aromatic carbocycles. The maximum absolute atomic E-state index is 13.1. The number of amides is 1. The van der Waals surface area contributed by atoms with Gasteiger partial charge in [0, 0.05) is 18.8 Å². The molecule has 3 rings (SSSR count). The summed E-state index contributed by atoms with van der Waals surface area (Å²) in [5.41, 5.74) is 0.964. The molecule has 0 aliphatic rings. The fourth-order valence-corrected chi connectivity index (χ4v) is 5.12. The van der Waals surface area contributed by atoms with Crippen molar-refractivity contribution in [2.24, 2.45) is 0 Å². The van der Waals surface area contributed by atoms with Crippen LogP contribution in [0.15, 0.2) is 64.9 Å². The molecule has 1 aromatic heterocycles. The van der Waals surface area contributed by atoms with E-state index in [-0.39, 0.29) is 9.77 Å². The van der Waals surface area contributed by atoms with Crippen molar-refractivity contribution in [1.82, 2.24) is 0 Å². The van der Waals surface area contributed by atoms with Crippen molar-refractivity contribution in [1.29, 1.82) is 0 Å². The molecule has 7 nitrogen and oxygen atoms in total. The SMILES string of the molecule is COc1ccc(N(C)S(=O)(=O)c2ccsc2C(=O)Nc2cccc(OC)c2)cc1. The first kappa shape index (κ1) is 20.7. The zero-order valence-corrected chi connectivity index (χ0v) is 17.7. The third kappa shape index (κ3) is 4.36. The predicted molar refractivity (Wildman–Crippen MR) is 114 cm³/mol. The van der Waals surface area contributed by atoms with Gasteiger partial charge in [-0.15, -0.1) is 11.3 Å². The maximum Gasteiger partial charge on any atom is 0.267 e. The van der Waals surface area contributed by atoms with E-state index in [1.807, 2.05) is 0 Å². The predicted octanol–water partition coefficient (Wildman–Crippen LogP) is 3.84. The van der Waals surface area contributed by atoms with Gasteiger partial charge in [-0.2, -0.15) is 0 Å². The van der Waals surface area contributed by atoms with Crippen molar-refractivity contribution in [3.63, 3.8) is 0 Å². The molecule has 29 heavy (non-hydrogen) atoms. The average Bonchev–Trinajstić information content (AvgIpc) is 3.24. The highest BCUT2D eigenvalue weighted by Crippen LogP contribution is 2.29. The van der Waals surface area contributed by atoms with Crippen LogP contribution in [0.3, 0.4) is 0 Å². The molecule has 0 unspecified atom stereocenters. The molecule has 1 amide bonds. The molecule has 3 aromatic rings. The Balaban J connectivity index is 1.87. The first-order valence-electron chi connectivity index (χ1n) is 8.52. The van der Waals surface area contributed by atoms with Crippen molar-refractivity contribution < 1.29 is 22.7 Å². The molecule has 0 saturated carbocycles. The number of methoxy groups -OCH3 is 2. The molecule has 0 radical (unpaired) electrons. The zero-order valence-electron chi connectivity index (χ0n) is 16.1. The van der Waals surface area contributed by atoms with Crippen LogP contribution in [-0.4, -0.2) is 35.6 Å². The van der Waals surface area contributed by atoms with Crippen LogP contribution in [0.2, 0.25) is 0 Å². The Hall–Kier alpha value is -3.04. The molecule has 0 bridgehead atoms. The van der Waals surface area contributed by atoms with E-state index in [1.165, 1.54) is 27.3 Å². The quantitative estimate of drug-likeness (QED) is 0.613. The number of hydrogen-bond acceptors (Lipinski definition) is 6. The second-order valence-electron chi connectivity index (χ2n) is 5.97. The molecular formula is C20H20N2O5S2. The Morgan fingerprint density at radius 2 is 1.69 bits per heavy atom. The smallest absolute Gasteiger partial charge is 0.267 e. The monoisotopic (exact) mass is 432 g/mol. The van der Waals surface area contributed by atoms with Crippen LogP contribution in [0.5, 0.6) is 11.5 Å². The van der Waals surface area contributed by atoms with Crippen LogP contribution in [0.4, 0.5) is 11.4 Å². The average molecular weight is 433 g/mol. The highest BCUT2D eigenvalue weighted by molar-refractivity contribution is 7.93. The Kier molecular flexibility index (Phi) is 6.09. The molecule has 0 spiro atoms. The van der Waals surface area contributed by atoms with Crippen LogP contribution in [0.1, 0.15) is 9.67 Å². The van der Waals surface area contributed by atoms with Gasteiger partial charge in [0.25, 0.3) is 15.9 Å². The Bertz CT molecular complexity index is 1110. The van der Waals surface area contributed by atoms with Crippen LogP contribution in [0, 0.1) is 0 Å². The summed E-state index contributed by atoms with van der Waals surface area (Å²) in [5.74, 6) is 0.699. The van der Waals surface area contributed by atoms with Crippen LogP contribution >= 0.6 is 11.3 Å². The molecule has 152 valence electrons.